The minimum absolute atomic E-state index is 0.445. The number of nitrogens with zero attached hydrogens (tertiary/aromatic N) is 3. The second kappa shape index (κ2) is 6.26. The fourth-order valence-electron chi connectivity index (χ4n) is 4.61. The van der Waals surface area contributed by atoms with Gasteiger partial charge in [0.15, 0.2) is 0 Å². The first-order chi connectivity index (χ1) is 10.8. The number of likely N-dealkylation sites (tertiary alicyclic amines) is 2. The Morgan fingerprint density at radius 2 is 2.18 bits per heavy atom. The Morgan fingerprint density at radius 3 is 2.86 bits per heavy atom. The van der Waals surface area contributed by atoms with Gasteiger partial charge in [0.25, 0.3) is 0 Å². The fourth-order valence-corrected chi connectivity index (χ4v) is 4.61. The number of methoxy groups -OCH3 is 1. The summed E-state index contributed by atoms with van der Waals surface area (Å²) in [6.07, 6.45) is 9.74. The molecule has 4 nitrogen and oxygen atoms in total. The van der Waals surface area contributed by atoms with Crippen LogP contribution in [-0.4, -0.2) is 59.7 Å². The van der Waals surface area contributed by atoms with Gasteiger partial charge < -0.3 is 4.74 Å². The van der Waals surface area contributed by atoms with E-state index in [4.69, 9.17) is 4.74 Å². The SMILES string of the molecule is CO[C@@H]1CCN(C2CCC2)[C@@H]2CN(Cc3cccnc3)C[C@@H]21. The lowest BCUT2D eigenvalue weighted by atomic mass is 9.83. The van der Waals surface area contributed by atoms with E-state index in [1.807, 2.05) is 25.6 Å². The number of piperidine rings is 1. The number of rotatable bonds is 4. The van der Waals surface area contributed by atoms with E-state index in [0.29, 0.717) is 18.1 Å². The lowest BCUT2D eigenvalue weighted by Gasteiger charge is -2.48. The zero-order valence-corrected chi connectivity index (χ0v) is 13.5. The molecule has 0 amide bonds. The van der Waals surface area contributed by atoms with E-state index < -0.39 is 0 Å². The van der Waals surface area contributed by atoms with Crippen LogP contribution in [0.15, 0.2) is 24.5 Å². The molecule has 3 heterocycles. The highest BCUT2D eigenvalue weighted by Gasteiger charge is 2.46. The summed E-state index contributed by atoms with van der Waals surface area (Å²) in [4.78, 5) is 9.67. The second-order valence-corrected chi connectivity index (χ2v) is 7.17. The lowest BCUT2D eigenvalue weighted by molar-refractivity contribution is -0.0485. The Hall–Kier alpha value is -0.970. The fraction of sp³-hybridized carbons (Fsp3) is 0.722. The minimum Gasteiger partial charge on any atom is -0.381 e. The van der Waals surface area contributed by atoms with Crippen molar-refractivity contribution in [3.05, 3.63) is 30.1 Å². The van der Waals surface area contributed by atoms with Crippen LogP contribution in [0.2, 0.25) is 0 Å². The summed E-state index contributed by atoms with van der Waals surface area (Å²) in [5.41, 5.74) is 1.32. The molecule has 120 valence electrons. The first-order valence-corrected chi connectivity index (χ1v) is 8.75. The van der Waals surface area contributed by atoms with Crippen molar-refractivity contribution in [2.24, 2.45) is 5.92 Å². The third-order valence-corrected chi connectivity index (χ3v) is 5.96. The summed E-state index contributed by atoms with van der Waals surface area (Å²) in [6.45, 7) is 4.61. The smallest absolute Gasteiger partial charge is 0.0639 e. The number of hydrogen-bond donors (Lipinski definition) is 0. The van der Waals surface area contributed by atoms with Crippen molar-refractivity contribution in [2.45, 2.75) is 50.4 Å². The Kier molecular flexibility index (Phi) is 4.16. The van der Waals surface area contributed by atoms with Crippen molar-refractivity contribution in [1.82, 2.24) is 14.8 Å². The minimum atomic E-state index is 0.445. The second-order valence-electron chi connectivity index (χ2n) is 7.17. The van der Waals surface area contributed by atoms with Crippen LogP contribution in [0, 0.1) is 5.92 Å². The maximum absolute atomic E-state index is 5.82. The highest BCUT2D eigenvalue weighted by Crippen LogP contribution is 2.38. The number of ether oxygens (including phenoxy) is 1. The molecule has 3 fully saturated rings. The molecule has 1 aromatic heterocycles. The molecule has 3 aliphatic rings. The van der Waals surface area contributed by atoms with E-state index in [1.54, 1.807) is 0 Å². The quantitative estimate of drug-likeness (QED) is 0.852. The number of aromatic nitrogens is 1. The van der Waals surface area contributed by atoms with Gasteiger partial charge in [-0.15, -0.1) is 0 Å². The molecule has 0 N–H and O–H groups in total. The van der Waals surface area contributed by atoms with Gasteiger partial charge in [-0.1, -0.05) is 12.5 Å². The maximum Gasteiger partial charge on any atom is 0.0639 e. The topological polar surface area (TPSA) is 28.6 Å². The van der Waals surface area contributed by atoms with Gasteiger partial charge in [0.05, 0.1) is 6.10 Å². The monoisotopic (exact) mass is 301 g/mol. The van der Waals surface area contributed by atoms with Crippen LogP contribution in [0.4, 0.5) is 0 Å². The van der Waals surface area contributed by atoms with Crippen molar-refractivity contribution in [1.29, 1.82) is 0 Å². The number of pyridine rings is 1. The van der Waals surface area contributed by atoms with Crippen LogP contribution in [0.25, 0.3) is 0 Å². The molecule has 1 aliphatic carbocycles. The predicted molar refractivity (Wildman–Crippen MR) is 86.6 cm³/mol. The van der Waals surface area contributed by atoms with Crippen LogP contribution >= 0.6 is 0 Å². The maximum atomic E-state index is 5.82. The van der Waals surface area contributed by atoms with Crippen LogP contribution in [0.1, 0.15) is 31.2 Å². The molecule has 0 radical (unpaired) electrons. The van der Waals surface area contributed by atoms with Crippen molar-refractivity contribution >= 4 is 0 Å². The normalized spacial score (nSPS) is 33.6. The molecule has 4 heteroatoms. The zero-order chi connectivity index (χ0) is 14.9. The van der Waals surface area contributed by atoms with Gasteiger partial charge in [0.1, 0.15) is 0 Å². The van der Waals surface area contributed by atoms with E-state index >= 15 is 0 Å². The molecule has 0 bridgehead atoms. The highest BCUT2D eigenvalue weighted by atomic mass is 16.5. The largest absolute Gasteiger partial charge is 0.381 e. The van der Waals surface area contributed by atoms with E-state index in [-0.39, 0.29) is 0 Å². The summed E-state index contributed by atoms with van der Waals surface area (Å²) < 4.78 is 5.82. The van der Waals surface area contributed by atoms with E-state index in [1.165, 1.54) is 50.9 Å². The highest BCUT2D eigenvalue weighted by molar-refractivity contribution is 5.10. The molecule has 0 unspecified atom stereocenters. The summed E-state index contributed by atoms with van der Waals surface area (Å²) in [5, 5.41) is 0. The average Bonchev–Trinajstić information content (AvgIpc) is 2.90. The van der Waals surface area contributed by atoms with Gasteiger partial charge in [-0.3, -0.25) is 14.8 Å². The number of hydrogen-bond acceptors (Lipinski definition) is 4. The summed E-state index contributed by atoms with van der Waals surface area (Å²) in [6, 6.07) is 5.77. The first kappa shape index (κ1) is 14.6. The van der Waals surface area contributed by atoms with Crippen molar-refractivity contribution in [3.63, 3.8) is 0 Å². The van der Waals surface area contributed by atoms with Crippen molar-refractivity contribution in [3.8, 4) is 0 Å². The van der Waals surface area contributed by atoms with Gasteiger partial charge in [0.2, 0.25) is 0 Å². The van der Waals surface area contributed by atoms with Crippen molar-refractivity contribution in [2.75, 3.05) is 26.7 Å². The Labute approximate surface area is 133 Å². The third kappa shape index (κ3) is 2.68. The number of fused-ring (bicyclic) bond motifs is 1. The van der Waals surface area contributed by atoms with Crippen molar-refractivity contribution < 1.29 is 4.74 Å². The molecule has 1 saturated carbocycles. The van der Waals surface area contributed by atoms with Gasteiger partial charge in [0, 0.05) is 63.7 Å². The van der Waals surface area contributed by atoms with Gasteiger partial charge in [-0.05, 0) is 30.9 Å². The van der Waals surface area contributed by atoms with Gasteiger partial charge >= 0.3 is 0 Å². The van der Waals surface area contributed by atoms with Crippen LogP contribution < -0.4 is 0 Å². The molecule has 0 aromatic carbocycles. The Balaban J connectivity index is 1.47. The molecule has 3 atom stereocenters. The lowest BCUT2D eigenvalue weighted by Crippen LogP contribution is -2.56. The van der Waals surface area contributed by atoms with Crippen LogP contribution in [0.3, 0.4) is 0 Å². The van der Waals surface area contributed by atoms with Gasteiger partial charge in [-0.2, -0.15) is 0 Å². The Morgan fingerprint density at radius 1 is 1.27 bits per heavy atom. The standard InChI is InChI=1S/C18H27N3O/c1-22-18-7-9-21(15-5-2-6-15)17-13-20(12-16(17)18)11-14-4-3-8-19-10-14/h3-4,8,10,15-18H,2,5-7,9,11-13H2,1H3/t16-,17+,18+/m0/s1. The first-order valence-electron chi connectivity index (χ1n) is 8.75. The molecule has 22 heavy (non-hydrogen) atoms. The van der Waals surface area contributed by atoms with E-state index in [2.05, 4.69) is 20.9 Å². The Bertz CT molecular complexity index is 490. The predicted octanol–water partition coefficient (Wildman–Crippen LogP) is 2.16. The van der Waals surface area contributed by atoms with E-state index in [9.17, 15) is 0 Å². The molecular formula is C18H27N3O. The molecule has 0 spiro atoms. The molecule has 4 rings (SSSR count). The van der Waals surface area contributed by atoms with Crippen LogP contribution in [-0.2, 0) is 11.3 Å². The zero-order valence-electron chi connectivity index (χ0n) is 13.5. The van der Waals surface area contributed by atoms with Gasteiger partial charge in [-0.25, -0.2) is 0 Å². The summed E-state index contributed by atoms with van der Waals surface area (Å²) in [5.74, 6) is 0.677. The molecular weight excluding hydrogens is 274 g/mol. The summed E-state index contributed by atoms with van der Waals surface area (Å²) in [7, 11) is 1.89. The molecule has 2 aliphatic heterocycles. The average molecular weight is 301 g/mol. The third-order valence-electron chi connectivity index (χ3n) is 5.96. The molecule has 1 aromatic rings. The summed E-state index contributed by atoms with van der Waals surface area (Å²) >= 11 is 0. The van der Waals surface area contributed by atoms with Crippen LogP contribution in [0.5, 0.6) is 0 Å². The van der Waals surface area contributed by atoms with E-state index in [0.717, 1.165) is 12.6 Å². The molecule has 2 saturated heterocycles.